The van der Waals surface area contributed by atoms with Gasteiger partial charge in [-0.25, -0.2) is 0 Å². The molecule has 0 aliphatic heterocycles. The Morgan fingerprint density at radius 1 is 1.50 bits per heavy atom. The van der Waals surface area contributed by atoms with Gasteiger partial charge in [-0.05, 0) is 26.1 Å². The number of likely N-dealkylation sites (N-methyl/N-ethyl adjacent to an activating group) is 1. The van der Waals surface area contributed by atoms with Crippen LogP contribution in [-0.2, 0) is 4.79 Å². The van der Waals surface area contributed by atoms with Crippen LogP contribution in [-0.4, -0.2) is 43.0 Å². The third-order valence-electron chi connectivity index (χ3n) is 2.03. The van der Waals surface area contributed by atoms with Crippen LogP contribution < -0.4 is 11.1 Å². The lowest BCUT2D eigenvalue weighted by molar-refractivity contribution is -0.119. The highest BCUT2D eigenvalue weighted by molar-refractivity contribution is 5.75. The molecule has 0 heterocycles. The number of nitrogens with one attached hydrogen (secondary N) is 1. The molecule has 0 atom stereocenters. The van der Waals surface area contributed by atoms with Crippen LogP contribution in [0, 0.1) is 0 Å². The first-order chi connectivity index (χ1) is 6.56. The zero-order valence-electron chi connectivity index (χ0n) is 9.55. The highest BCUT2D eigenvalue weighted by Gasteiger charge is 2.04. The molecule has 0 saturated heterocycles. The van der Waals surface area contributed by atoms with Gasteiger partial charge in [0.1, 0.15) is 0 Å². The Morgan fingerprint density at radius 3 is 2.57 bits per heavy atom. The topological polar surface area (TPSA) is 58.4 Å². The maximum absolute atomic E-state index is 10.7. The van der Waals surface area contributed by atoms with Crippen molar-refractivity contribution >= 4 is 5.91 Å². The lowest BCUT2D eigenvalue weighted by atomic mass is 10.3. The molecular weight excluding hydrogens is 178 g/mol. The van der Waals surface area contributed by atoms with Gasteiger partial charge in [-0.2, -0.15) is 0 Å². The van der Waals surface area contributed by atoms with Crippen LogP contribution in [0.15, 0.2) is 0 Å². The van der Waals surface area contributed by atoms with Crippen LogP contribution in [0.5, 0.6) is 0 Å². The van der Waals surface area contributed by atoms with Crippen molar-refractivity contribution in [3.63, 3.8) is 0 Å². The van der Waals surface area contributed by atoms with E-state index in [2.05, 4.69) is 24.1 Å². The summed E-state index contributed by atoms with van der Waals surface area (Å²) in [5.74, 6) is -0.247. The van der Waals surface area contributed by atoms with Gasteiger partial charge in [0.2, 0.25) is 5.91 Å². The monoisotopic (exact) mass is 201 g/mol. The minimum absolute atomic E-state index is 0.247. The Bertz CT molecular complexity index is 159. The second-order valence-electron chi connectivity index (χ2n) is 3.80. The van der Waals surface area contributed by atoms with Gasteiger partial charge in [0, 0.05) is 6.04 Å². The number of primary amides is 1. The number of carbonyl (C=O) groups is 1. The summed E-state index contributed by atoms with van der Waals surface area (Å²) in [6, 6.07) is 0.529. The molecule has 0 unspecified atom stereocenters. The molecule has 0 rings (SSSR count). The van der Waals surface area contributed by atoms with E-state index in [1.807, 2.05) is 6.92 Å². The fraction of sp³-hybridized carbons (Fsp3) is 0.900. The molecule has 4 nitrogen and oxygen atoms in total. The molecule has 0 radical (unpaired) electrons. The quantitative estimate of drug-likeness (QED) is 0.551. The number of hydrogen-bond donors (Lipinski definition) is 2. The number of carbonyl (C=O) groups excluding carboxylic acids is 1. The number of hydrogen-bond acceptors (Lipinski definition) is 3. The number of rotatable bonds is 8. The van der Waals surface area contributed by atoms with Crippen LogP contribution in [0.25, 0.3) is 0 Å². The van der Waals surface area contributed by atoms with Gasteiger partial charge in [-0.15, -0.1) is 0 Å². The number of nitrogens with two attached hydrogens (primary N) is 1. The van der Waals surface area contributed by atoms with Crippen LogP contribution in [0.4, 0.5) is 0 Å². The summed E-state index contributed by atoms with van der Waals surface area (Å²) < 4.78 is 0. The number of nitrogens with zero attached hydrogens (tertiary/aromatic N) is 1. The van der Waals surface area contributed by atoms with E-state index in [1.165, 1.54) is 0 Å². The summed E-state index contributed by atoms with van der Waals surface area (Å²) in [5.41, 5.74) is 5.13. The van der Waals surface area contributed by atoms with E-state index in [0.717, 1.165) is 26.1 Å². The van der Waals surface area contributed by atoms with E-state index in [0.29, 0.717) is 12.6 Å². The molecule has 0 aromatic carbocycles. The van der Waals surface area contributed by atoms with Crippen molar-refractivity contribution in [2.75, 3.05) is 26.2 Å². The predicted molar refractivity (Wildman–Crippen MR) is 59.1 cm³/mol. The zero-order valence-corrected chi connectivity index (χ0v) is 9.55. The molecular formula is C10H23N3O. The Hall–Kier alpha value is -0.610. The summed E-state index contributed by atoms with van der Waals surface area (Å²) in [6.45, 7) is 9.47. The van der Waals surface area contributed by atoms with Gasteiger partial charge in [0.15, 0.2) is 0 Å². The summed E-state index contributed by atoms with van der Waals surface area (Å²) in [7, 11) is 0. The van der Waals surface area contributed by atoms with Crippen LogP contribution in [0.1, 0.15) is 27.2 Å². The van der Waals surface area contributed by atoms with Crippen molar-refractivity contribution in [2.45, 2.75) is 33.2 Å². The molecule has 0 aliphatic carbocycles. The van der Waals surface area contributed by atoms with E-state index in [4.69, 9.17) is 5.73 Å². The maximum atomic E-state index is 10.7. The average molecular weight is 201 g/mol. The highest BCUT2D eigenvalue weighted by Crippen LogP contribution is 1.90. The molecule has 84 valence electrons. The molecule has 4 heteroatoms. The largest absolute Gasteiger partial charge is 0.369 e. The lowest BCUT2D eigenvalue weighted by Crippen LogP contribution is -2.35. The Balaban J connectivity index is 3.47. The number of amides is 1. The smallest absolute Gasteiger partial charge is 0.231 e. The fourth-order valence-electron chi connectivity index (χ4n) is 1.26. The van der Waals surface area contributed by atoms with Crippen molar-refractivity contribution in [1.82, 2.24) is 10.2 Å². The first-order valence-electron chi connectivity index (χ1n) is 5.30. The normalized spacial score (nSPS) is 11.2. The van der Waals surface area contributed by atoms with Gasteiger partial charge in [0.05, 0.1) is 6.54 Å². The van der Waals surface area contributed by atoms with Crippen LogP contribution in [0.2, 0.25) is 0 Å². The molecule has 0 spiro atoms. The second kappa shape index (κ2) is 7.76. The molecule has 0 bridgehead atoms. The summed E-state index contributed by atoms with van der Waals surface area (Å²) >= 11 is 0. The zero-order chi connectivity index (χ0) is 11.0. The average Bonchev–Trinajstić information content (AvgIpc) is 2.09. The molecule has 14 heavy (non-hydrogen) atoms. The second-order valence-corrected chi connectivity index (χ2v) is 3.80. The van der Waals surface area contributed by atoms with Crippen molar-refractivity contribution in [1.29, 1.82) is 0 Å². The molecule has 1 amide bonds. The van der Waals surface area contributed by atoms with E-state index in [-0.39, 0.29) is 5.91 Å². The van der Waals surface area contributed by atoms with Gasteiger partial charge < -0.3 is 11.1 Å². The first-order valence-corrected chi connectivity index (χ1v) is 5.30. The minimum Gasteiger partial charge on any atom is -0.369 e. The third-order valence-corrected chi connectivity index (χ3v) is 2.03. The molecule has 0 aliphatic rings. The Labute approximate surface area is 86.8 Å². The third kappa shape index (κ3) is 8.01. The van der Waals surface area contributed by atoms with Crippen molar-refractivity contribution < 1.29 is 4.79 Å². The van der Waals surface area contributed by atoms with E-state index >= 15 is 0 Å². The predicted octanol–water partition coefficient (Wildman–Crippen LogP) is 0.182. The molecule has 0 fully saturated rings. The van der Waals surface area contributed by atoms with Crippen LogP contribution >= 0.6 is 0 Å². The molecule has 0 aromatic heterocycles. The SMILES string of the molecule is CCN(CCCNC(C)C)CC(N)=O. The highest BCUT2D eigenvalue weighted by atomic mass is 16.1. The van der Waals surface area contributed by atoms with E-state index in [9.17, 15) is 4.79 Å². The summed E-state index contributed by atoms with van der Waals surface area (Å²) in [4.78, 5) is 12.7. The van der Waals surface area contributed by atoms with Crippen molar-refractivity contribution in [3.8, 4) is 0 Å². The van der Waals surface area contributed by atoms with Crippen molar-refractivity contribution in [3.05, 3.63) is 0 Å². The lowest BCUT2D eigenvalue weighted by Gasteiger charge is -2.18. The Kier molecular flexibility index (Phi) is 7.42. The molecule has 0 saturated carbocycles. The summed E-state index contributed by atoms with van der Waals surface area (Å²) in [5, 5.41) is 3.34. The van der Waals surface area contributed by atoms with E-state index in [1.54, 1.807) is 0 Å². The minimum atomic E-state index is -0.247. The fourth-order valence-corrected chi connectivity index (χ4v) is 1.26. The Morgan fingerprint density at radius 2 is 2.14 bits per heavy atom. The first kappa shape index (κ1) is 13.4. The maximum Gasteiger partial charge on any atom is 0.231 e. The van der Waals surface area contributed by atoms with Gasteiger partial charge in [-0.3, -0.25) is 9.69 Å². The molecule has 0 aromatic rings. The van der Waals surface area contributed by atoms with E-state index < -0.39 is 0 Å². The van der Waals surface area contributed by atoms with Gasteiger partial charge in [-0.1, -0.05) is 20.8 Å². The molecule has 3 N–H and O–H groups in total. The standard InChI is InChI=1S/C10H23N3O/c1-4-13(8-10(11)14)7-5-6-12-9(2)3/h9,12H,4-8H2,1-3H3,(H2,11,14). The summed E-state index contributed by atoms with van der Waals surface area (Å²) in [6.07, 6.45) is 1.05. The van der Waals surface area contributed by atoms with Gasteiger partial charge in [0.25, 0.3) is 0 Å². The van der Waals surface area contributed by atoms with Gasteiger partial charge >= 0.3 is 0 Å². The van der Waals surface area contributed by atoms with Crippen LogP contribution in [0.3, 0.4) is 0 Å². The van der Waals surface area contributed by atoms with Crippen molar-refractivity contribution in [2.24, 2.45) is 5.73 Å².